The summed E-state index contributed by atoms with van der Waals surface area (Å²) in [6.45, 7) is 4.59. The van der Waals surface area contributed by atoms with E-state index in [-0.39, 0.29) is 29.8 Å². The number of aliphatic hydroxyl groups is 2. The van der Waals surface area contributed by atoms with Crippen LogP contribution in [0, 0.1) is 0 Å². The van der Waals surface area contributed by atoms with E-state index >= 15 is 0 Å². The topological polar surface area (TPSA) is 83.8 Å². The lowest BCUT2D eigenvalue weighted by Crippen LogP contribution is -2.67. The number of aliphatic hydroxyl groups excluding tert-OH is 2. The average Bonchev–Trinajstić information content (AvgIpc) is 3.09. The third-order valence-corrected chi connectivity index (χ3v) is 10.6. The van der Waals surface area contributed by atoms with Gasteiger partial charge in [-0.15, -0.1) is 0 Å². The summed E-state index contributed by atoms with van der Waals surface area (Å²) in [5.41, 5.74) is 0. The zero-order valence-electron chi connectivity index (χ0n) is 34.8. The molecule has 0 heterocycles. The summed E-state index contributed by atoms with van der Waals surface area (Å²) in [5, 5.41) is 32.9. The summed E-state index contributed by atoms with van der Waals surface area (Å²) in [5.74, 6) is -1.07. The molecule has 0 aromatic rings. The molecule has 0 saturated carbocycles. The number of carboxylic acids is 1. The summed E-state index contributed by atoms with van der Waals surface area (Å²) in [6.07, 6.45) is 44.0. The zero-order valence-corrected chi connectivity index (χ0v) is 34.8. The maximum absolute atomic E-state index is 12.7. The van der Waals surface area contributed by atoms with Crippen LogP contribution in [-0.4, -0.2) is 78.2 Å². The van der Waals surface area contributed by atoms with E-state index in [2.05, 4.69) is 43.1 Å². The molecular weight excluding hydrogens is 633 g/mol. The summed E-state index contributed by atoms with van der Waals surface area (Å²) in [4.78, 5) is 14.9. The fourth-order valence-electron chi connectivity index (χ4n) is 7.62. The van der Waals surface area contributed by atoms with Crippen molar-refractivity contribution in [1.82, 2.24) is 4.90 Å². The van der Waals surface area contributed by atoms with E-state index < -0.39 is 12.1 Å². The van der Waals surface area contributed by atoms with Crippen LogP contribution in [0.1, 0.15) is 206 Å². The second-order valence-electron chi connectivity index (χ2n) is 16.3. The molecular formula is C45H88N2O4. The monoisotopic (exact) mass is 721 g/mol. The number of carbonyl (C=O) groups is 1. The maximum Gasteiger partial charge on any atom is 0.186 e. The Hall–Kier alpha value is -1.21. The predicted octanol–water partition coefficient (Wildman–Crippen LogP) is 10.6. The Labute approximate surface area is 318 Å². The number of unbranched alkanes of at least 4 members (excludes halogenated alkanes) is 22. The molecule has 0 amide bonds. The largest absolute Gasteiger partial charge is 0.543 e. The zero-order chi connectivity index (χ0) is 37.8. The number of hydrogen-bond donors (Lipinski definition) is 2. The molecule has 0 rings (SSSR count). The van der Waals surface area contributed by atoms with E-state index in [1.54, 1.807) is 0 Å². The highest BCUT2D eigenvalue weighted by atomic mass is 16.4. The van der Waals surface area contributed by atoms with E-state index in [0.29, 0.717) is 12.8 Å². The van der Waals surface area contributed by atoms with Crippen LogP contribution in [0.3, 0.4) is 0 Å². The molecule has 3 unspecified atom stereocenters. The number of allylic oxidation sites excluding steroid dienone is 4. The van der Waals surface area contributed by atoms with Gasteiger partial charge in [-0.05, 0) is 77.0 Å². The van der Waals surface area contributed by atoms with Crippen LogP contribution in [0.5, 0.6) is 0 Å². The Morgan fingerprint density at radius 1 is 0.510 bits per heavy atom. The van der Waals surface area contributed by atoms with Gasteiger partial charge in [-0.2, -0.15) is 0 Å². The molecule has 0 saturated heterocycles. The van der Waals surface area contributed by atoms with Gasteiger partial charge < -0.3 is 24.6 Å². The van der Waals surface area contributed by atoms with Crippen LogP contribution >= 0.6 is 0 Å². The van der Waals surface area contributed by atoms with Crippen LogP contribution in [0.15, 0.2) is 24.3 Å². The van der Waals surface area contributed by atoms with Gasteiger partial charge in [0.15, 0.2) is 6.17 Å². The van der Waals surface area contributed by atoms with Crippen LogP contribution < -0.4 is 5.11 Å². The average molecular weight is 721 g/mol. The highest BCUT2D eigenvalue weighted by Gasteiger charge is 2.40. The molecule has 0 radical (unpaired) electrons. The molecule has 302 valence electrons. The molecule has 0 aliphatic heterocycles. The number of carboxylic acid groups (broad SMARTS) is 1. The van der Waals surface area contributed by atoms with Gasteiger partial charge in [-0.3, -0.25) is 0 Å². The fraction of sp³-hybridized carbons (Fsp3) is 0.889. The van der Waals surface area contributed by atoms with Crippen LogP contribution in [-0.2, 0) is 4.79 Å². The smallest absolute Gasteiger partial charge is 0.186 e. The van der Waals surface area contributed by atoms with Crippen molar-refractivity contribution in [2.45, 2.75) is 225 Å². The van der Waals surface area contributed by atoms with Crippen molar-refractivity contribution in [3.05, 3.63) is 24.3 Å². The second-order valence-corrected chi connectivity index (χ2v) is 16.3. The van der Waals surface area contributed by atoms with Crippen molar-refractivity contribution in [2.24, 2.45) is 0 Å². The molecule has 0 spiro atoms. The Kier molecular flexibility index (Phi) is 35.0. The third-order valence-electron chi connectivity index (χ3n) is 10.6. The summed E-state index contributed by atoms with van der Waals surface area (Å²) < 4.78 is 0.227. The molecule has 0 aromatic carbocycles. The molecule has 51 heavy (non-hydrogen) atoms. The molecule has 6 heteroatoms. The van der Waals surface area contributed by atoms with Crippen molar-refractivity contribution in [3.8, 4) is 0 Å². The Morgan fingerprint density at radius 3 is 1.08 bits per heavy atom. The lowest BCUT2D eigenvalue weighted by atomic mass is 9.95. The van der Waals surface area contributed by atoms with Crippen molar-refractivity contribution >= 4 is 5.97 Å². The van der Waals surface area contributed by atoms with Gasteiger partial charge in [0.05, 0.1) is 21.1 Å². The van der Waals surface area contributed by atoms with Gasteiger partial charge >= 0.3 is 0 Å². The summed E-state index contributed by atoms with van der Waals surface area (Å²) >= 11 is 0. The van der Waals surface area contributed by atoms with E-state index in [9.17, 15) is 20.1 Å². The minimum Gasteiger partial charge on any atom is -0.543 e. The SMILES string of the molecule is CCCCCCCC/C=C\CCCCCCCC(CCO)N(C(CCO)CCCCCCC/C=C\CCCCCCCC)C(C(=O)[O-])[N+](C)(C)C. The Morgan fingerprint density at radius 2 is 0.804 bits per heavy atom. The third kappa shape index (κ3) is 28.9. The minimum atomic E-state index is -1.07. The molecule has 0 aliphatic rings. The van der Waals surface area contributed by atoms with Gasteiger partial charge in [-0.1, -0.05) is 154 Å². The number of carbonyl (C=O) groups excluding carboxylic acids is 1. The van der Waals surface area contributed by atoms with Crippen LogP contribution in [0.4, 0.5) is 0 Å². The number of rotatable bonds is 39. The van der Waals surface area contributed by atoms with Gasteiger partial charge in [-0.25, -0.2) is 4.90 Å². The quantitative estimate of drug-likeness (QED) is 0.0286. The van der Waals surface area contributed by atoms with Crippen molar-refractivity contribution in [2.75, 3.05) is 34.4 Å². The lowest BCUT2D eigenvalue weighted by Gasteiger charge is -2.48. The highest BCUT2D eigenvalue weighted by Crippen LogP contribution is 2.28. The molecule has 0 aromatic heterocycles. The molecule has 3 atom stereocenters. The normalized spacial score (nSPS) is 14.3. The molecule has 2 N–H and O–H groups in total. The standard InChI is InChI=1S/C45H88N2O4/c1-6-8-10-12-14-16-18-20-22-24-26-28-30-32-34-36-42(38-40-48)46(44(45(50)51)47(3,4)5)43(39-41-49)37-35-33-31-29-27-25-23-21-19-17-15-13-11-9-7-2/h20-23,42-44,48-49H,6-19,24-41H2,1-5H3/b22-20-,23-21-. The summed E-state index contributed by atoms with van der Waals surface area (Å²) in [7, 11) is 5.76. The number of aliphatic carboxylic acids is 1. The molecule has 0 fully saturated rings. The van der Waals surface area contributed by atoms with Crippen molar-refractivity contribution in [3.63, 3.8) is 0 Å². The van der Waals surface area contributed by atoms with Crippen molar-refractivity contribution in [1.29, 1.82) is 0 Å². The predicted molar refractivity (Wildman–Crippen MR) is 219 cm³/mol. The van der Waals surface area contributed by atoms with Gasteiger partial charge in [0.25, 0.3) is 0 Å². The van der Waals surface area contributed by atoms with E-state index in [0.717, 1.165) is 51.4 Å². The molecule has 0 bridgehead atoms. The first kappa shape index (κ1) is 49.8. The maximum atomic E-state index is 12.7. The minimum absolute atomic E-state index is 0.0302. The first-order chi connectivity index (χ1) is 24.7. The van der Waals surface area contributed by atoms with Crippen LogP contribution in [0.2, 0.25) is 0 Å². The van der Waals surface area contributed by atoms with Gasteiger partial charge in [0.1, 0.15) is 5.97 Å². The van der Waals surface area contributed by atoms with Gasteiger partial charge in [0.2, 0.25) is 0 Å². The first-order valence-corrected chi connectivity index (χ1v) is 22.1. The number of likely N-dealkylation sites (N-methyl/N-ethyl adjacent to an activating group) is 1. The summed E-state index contributed by atoms with van der Waals surface area (Å²) in [6, 6.07) is -0.111. The molecule has 6 nitrogen and oxygen atoms in total. The number of nitrogens with zero attached hydrogens (tertiary/aromatic N) is 2. The number of quaternary nitrogens is 1. The highest BCUT2D eigenvalue weighted by molar-refractivity contribution is 5.69. The Balaban J connectivity index is 4.84. The van der Waals surface area contributed by atoms with E-state index in [4.69, 9.17) is 0 Å². The Bertz CT molecular complexity index is 759. The first-order valence-electron chi connectivity index (χ1n) is 22.1. The van der Waals surface area contributed by atoms with E-state index in [1.165, 1.54) is 128 Å². The van der Waals surface area contributed by atoms with Crippen molar-refractivity contribution < 1.29 is 24.6 Å². The fourth-order valence-corrected chi connectivity index (χ4v) is 7.62. The second kappa shape index (κ2) is 35.8. The van der Waals surface area contributed by atoms with Gasteiger partial charge in [0, 0.05) is 25.3 Å². The lowest BCUT2D eigenvalue weighted by molar-refractivity contribution is -0.902. The number of hydrogen-bond acceptors (Lipinski definition) is 5. The van der Waals surface area contributed by atoms with Crippen LogP contribution in [0.25, 0.3) is 0 Å². The molecule has 0 aliphatic carbocycles. The van der Waals surface area contributed by atoms with E-state index in [1.807, 2.05) is 21.1 Å².